The molecule has 12 heteroatoms. The van der Waals surface area contributed by atoms with Gasteiger partial charge in [-0.05, 0) is 36.4 Å². The zero-order valence-electron chi connectivity index (χ0n) is 16.3. The van der Waals surface area contributed by atoms with E-state index >= 15 is 0 Å². The van der Waals surface area contributed by atoms with Crippen LogP contribution in [0.1, 0.15) is 23.2 Å². The van der Waals surface area contributed by atoms with Crippen molar-refractivity contribution in [2.45, 2.75) is 17.1 Å². The van der Waals surface area contributed by atoms with Crippen LogP contribution in [0.2, 0.25) is 4.34 Å². The molecule has 0 atom stereocenters. The summed E-state index contributed by atoms with van der Waals surface area (Å²) >= 11 is 6.86. The van der Waals surface area contributed by atoms with Gasteiger partial charge < -0.3 is 4.90 Å². The van der Waals surface area contributed by atoms with E-state index in [4.69, 9.17) is 11.6 Å². The maximum absolute atomic E-state index is 12.8. The Balaban J connectivity index is 1.40. The van der Waals surface area contributed by atoms with Gasteiger partial charge in [-0.25, -0.2) is 13.4 Å². The lowest BCUT2D eigenvalue weighted by Gasteiger charge is -2.33. The Bertz CT molecular complexity index is 1120. The highest BCUT2D eigenvalue weighted by molar-refractivity contribution is 7.91. The third-order valence-electron chi connectivity index (χ3n) is 5.09. The number of carbonyl (C=O) groups is 3. The summed E-state index contributed by atoms with van der Waals surface area (Å²) in [6.07, 6.45) is 0.296. The van der Waals surface area contributed by atoms with Gasteiger partial charge in [-0.1, -0.05) is 11.6 Å². The van der Waals surface area contributed by atoms with Crippen molar-refractivity contribution in [2.75, 3.05) is 31.2 Å². The molecule has 2 aromatic rings. The molecule has 0 bridgehead atoms. The lowest BCUT2D eigenvalue weighted by atomic mass is 10.1. The molecule has 1 aromatic heterocycles. The fraction of sp³-hybridized carbons (Fsp3) is 0.316. The highest BCUT2D eigenvalue weighted by atomic mass is 35.5. The Labute approximate surface area is 188 Å². The van der Waals surface area contributed by atoms with Crippen LogP contribution in [0.15, 0.2) is 40.6 Å². The van der Waals surface area contributed by atoms with Crippen LogP contribution in [-0.2, 0) is 19.6 Å². The summed E-state index contributed by atoms with van der Waals surface area (Å²) in [5.41, 5.74) is 3.40. The van der Waals surface area contributed by atoms with E-state index < -0.39 is 10.0 Å². The third-order valence-corrected chi connectivity index (χ3v) is 8.69. The molecule has 0 aliphatic carbocycles. The average molecular weight is 483 g/mol. The number of hydrazine groups is 1. The summed E-state index contributed by atoms with van der Waals surface area (Å²) in [6, 6.07) is 9.39. The number of amides is 3. The Hall–Kier alpha value is -2.47. The molecule has 4 rings (SSSR count). The first-order valence-corrected chi connectivity index (χ1v) is 12.2. The predicted octanol–water partition coefficient (Wildman–Crippen LogP) is 1.71. The van der Waals surface area contributed by atoms with Gasteiger partial charge in [0.2, 0.25) is 11.8 Å². The first kappa shape index (κ1) is 21.8. The summed E-state index contributed by atoms with van der Waals surface area (Å²) < 4.78 is 27.3. The molecule has 3 heterocycles. The number of nitrogens with one attached hydrogen (secondary N) is 1. The number of benzene rings is 1. The predicted molar refractivity (Wildman–Crippen MR) is 115 cm³/mol. The Morgan fingerprint density at radius 1 is 0.968 bits per heavy atom. The van der Waals surface area contributed by atoms with E-state index in [2.05, 4.69) is 5.43 Å². The summed E-state index contributed by atoms with van der Waals surface area (Å²) in [5, 5.41) is 1.18. The van der Waals surface area contributed by atoms with Crippen LogP contribution in [-0.4, -0.2) is 61.5 Å². The number of carbonyl (C=O) groups excluding carboxylic acids is 3. The maximum Gasteiger partial charge on any atom is 0.253 e. The number of piperazine rings is 1. The summed E-state index contributed by atoms with van der Waals surface area (Å²) in [6.45, 7) is 0.908. The second-order valence-corrected chi connectivity index (χ2v) is 10.9. The molecule has 164 valence electrons. The number of halogens is 1. The van der Waals surface area contributed by atoms with Crippen molar-refractivity contribution < 1.29 is 22.8 Å². The largest absolute Gasteiger partial charge is 0.336 e. The number of hydrogen-bond acceptors (Lipinski definition) is 6. The van der Waals surface area contributed by atoms with E-state index in [1.54, 1.807) is 35.2 Å². The van der Waals surface area contributed by atoms with Crippen molar-refractivity contribution in [3.8, 4) is 0 Å². The van der Waals surface area contributed by atoms with Crippen LogP contribution in [0.5, 0.6) is 0 Å². The smallest absolute Gasteiger partial charge is 0.253 e. The number of hydrogen-bond donors (Lipinski definition) is 1. The molecule has 2 saturated heterocycles. The normalized spacial score (nSPS) is 18.2. The molecule has 31 heavy (non-hydrogen) atoms. The molecule has 0 saturated carbocycles. The minimum absolute atomic E-state index is 0.136. The number of anilines is 1. The van der Waals surface area contributed by atoms with Gasteiger partial charge in [-0.15, -0.1) is 11.3 Å². The van der Waals surface area contributed by atoms with Crippen molar-refractivity contribution in [2.24, 2.45) is 0 Å². The first-order chi connectivity index (χ1) is 14.8. The van der Waals surface area contributed by atoms with Crippen molar-refractivity contribution in [3.05, 3.63) is 46.3 Å². The molecule has 9 nitrogen and oxygen atoms in total. The van der Waals surface area contributed by atoms with Gasteiger partial charge in [0.1, 0.15) is 4.21 Å². The zero-order chi connectivity index (χ0) is 22.2. The molecule has 1 aromatic carbocycles. The first-order valence-electron chi connectivity index (χ1n) is 9.53. The molecule has 1 N–H and O–H groups in total. The molecule has 0 radical (unpaired) electrons. The van der Waals surface area contributed by atoms with Crippen LogP contribution in [0, 0.1) is 0 Å². The maximum atomic E-state index is 12.8. The van der Waals surface area contributed by atoms with E-state index in [1.807, 2.05) is 0 Å². The van der Waals surface area contributed by atoms with Crippen molar-refractivity contribution in [1.82, 2.24) is 14.6 Å². The minimum atomic E-state index is -3.63. The number of sulfonamides is 1. The molecule has 2 aliphatic rings. The Morgan fingerprint density at radius 2 is 1.65 bits per heavy atom. The monoisotopic (exact) mass is 482 g/mol. The summed E-state index contributed by atoms with van der Waals surface area (Å²) in [5.74, 6) is -0.683. The fourth-order valence-electron chi connectivity index (χ4n) is 3.41. The van der Waals surface area contributed by atoms with E-state index in [1.165, 1.54) is 15.4 Å². The molecule has 2 fully saturated rings. The van der Waals surface area contributed by atoms with E-state index in [-0.39, 0.29) is 61.0 Å². The highest BCUT2D eigenvalue weighted by Crippen LogP contribution is 2.29. The number of rotatable bonds is 4. The lowest BCUT2D eigenvalue weighted by molar-refractivity contribution is -0.130. The Kier molecular flexibility index (Phi) is 6.02. The van der Waals surface area contributed by atoms with Gasteiger partial charge in [0.15, 0.2) is 0 Å². The van der Waals surface area contributed by atoms with Gasteiger partial charge in [0, 0.05) is 44.6 Å². The van der Waals surface area contributed by atoms with Crippen LogP contribution in [0.3, 0.4) is 0 Å². The third kappa shape index (κ3) is 4.45. The average Bonchev–Trinajstić information content (AvgIpc) is 3.22. The lowest BCUT2D eigenvalue weighted by Crippen LogP contribution is -2.51. The fourth-order valence-corrected chi connectivity index (χ4v) is 6.47. The topological polar surface area (TPSA) is 107 Å². The van der Waals surface area contributed by atoms with Crippen molar-refractivity contribution in [3.63, 3.8) is 0 Å². The highest BCUT2D eigenvalue weighted by Gasteiger charge is 2.31. The Morgan fingerprint density at radius 3 is 2.26 bits per heavy atom. The van der Waals surface area contributed by atoms with Crippen LogP contribution in [0.4, 0.5) is 5.69 Å². The summed E-state index contributed by atoms with van der Waals surface area (Å²) in [4.78, 5) is 38.0. The molecule has 0 spiro atoms. The summed E-state index contributed by atoms with van der Waals surface area (Å²) in [7, 11) is -3.63. The second-order valence-electron chi connectivity index (χ2n) is 7.07. The SMILES string of the molecule is O=C1CCC(=O)N(c2ccc(C(=O)N3CCN(S(=O)(=O)c4ccc(Cl)s4)CC3)cc2)N1. The van der Waals surface area contributed by atoms with Crippen LogP contribution in [0.25, 0.3) is 0 Å². The number of nitrogens with zero attached hydrogens (tertiary/aromatic N) is 3. The molecular formula is C19H19ClN4O5S2. The van der Waals surface area contributed by atoms with Gasteiger partial charge in [-0.3, -0.25) is 19.8 Å². The van der Waals surface area contributed by atoms with Gasteiger partial charge in [0.25, 0.3) is 15.9 Å². The van der Waals surface area contributed by atoms with Crippen LogP contribution >= 0.6 is 22.9 Å². The van der Waals surface area contributed by atoms with E-state index in [0.29, 0.717) is 15.6 Å². The second kappa shape index (κ2) is 8.58. The quantitative estimate of drug-likeness (QED) is 0.713. The minimum Gasteiger partial charge on any atom is -0.336 e. The molecule has 0 unspecified atom stereocenters. The molecule has 2 aliphatic heterocycles. The van der Waals surface area contributed by atoms with Gasteiger partial charge in [-0.2, -0.15) is 4.31 Å². The van der Waals surface area contributed by atoms with E-state index in [9.17, 15) is 22.8 Å². The van der Waals surface area contributed by atoms with E-state index in [0.717, 1.165) is 11.3 Å². The molecule has 3 amide bonds. The van der Waals surface area contributed by atoms with Crippen molar-refractivity contribution in [1.29, 1.82) is 0 Å². The van der Waals surface area contributed by atoms with Gasteiger partial charge in [0.05, 0.1) is 10.0 Å². The number of thiophene rings is 1. The molecular weight excluding hydrogens is 464 g/mol. The standard InChI is InChI=1S/C19H19ClN4O5S2/c20-15-5-8-18(30-15)31(28,29)23-11-9-22(10-12-23)19(27)13-1-3-14(4-2-13)24-17(26)7-6-16(25)21-24/h1-5,8H,6-7,9-12H2,(H,21,25). The van der Waals surface area contributed by atoms with Crippen molar-refractivity contribution >= 4 is 56.4 Å². The van der Waals surface area contributed by atoms with Crippen LogP contribution < -0.4 is 10.4 Å². The van der Waals surface area contributed by atoms with Gasteiger partial charge >= 0.3 is 0 Å². The zero-order valence-corrected chi connectivity index (χ0v) is 18.7.